The molecule has 0 aliphatic heterocycles. The minimum Gasteiger partial charge on any atom is -0.449 e. The van der Waals surface area contributed by atoms with E-state index in [1.54, 1.807) is 0 Å². The van der Waals surface area contributed by atoms with E-state index in [1.165, 1.54) is 19.2 Å². The molecule has 1 amide bonds. The fraction of sp³-hybridized carbons (Fsp3) is 0.353. The van der Waals surface area contributed by atoms with Crippen LogP contribution in [0.25, 0.3) is 11.5 Å². The van der Waals surface area contributed by atoms with E-state index in [2.05, 4.69) is 4.98 Å². The topological polar surface area (TPSA) is 82.6 Å². The molecule has 0 aliphatic carbocycles. The van der Waals surface area contributed by atoms with Gasteiger partial charge in [-0.1, -0.05) is 34.8 Å². The molecule has 0 N–H and O–H groups in total. The number of ether oxygens (including phenoxy) is 1. The number of nitrogens with zero attached hydrogens (tertiary/aromatic N) is 4. The first-order valence-corrected chi connectivity index (χ1v) is 8.99. The number of nitriles is 1. The Kier molecular flexibility index (Phi) is 7.33. The van der Waals surface area contributed by atoms with Gasteiger partial charge < -0.3 is 14.1 Å². The molecule has 144 valence electrons. The monoisotopic (exact) mass is 430 g/mol. The molecule has 0 bridgehead atoms. The van der Waals surface area contributed by atoms with Gasteiger partial charge in [-0.15, -0.1) is 0 Å². The zero-order valence-corrected chi connectivity index (χ0v) is 17.2. The van der Waals surface area contributed by atoms with Crippen molar-refractivity contribution in [1.29, 1.82) is 5.26 Å². The number of hydrogen-bond acceptors (Lipinski definition) is 6. The van der Waals surface area contributed by atoms with Gasteiger partial charge >= 0.3 is 6.09 Å². The first kappa shape index (κ1) is 21.3. The number of anilines is 1. The van der Waals surface area contributed by atoms with E-state index >= 15 is 0 Å². The van der Waals surface area contributed by atoms with E-state index < -0.39 is 6.09 Å². The number of amides is 1. The van der Waals surface area contributed by atoms with Crippen molar-refractivity contribution in [3.05, 3.63) is 32.9 Å². The van der Waals surface area contributed by atoms with Crippen molar-refractivity contribution in [1.82, 2.24) is 9.88 Å². The average molecular weight is 432 g/mol. The Morgan fingerprint density at radius 2 is 2.00 bits per heavy atom. The molecule has 27 heavy (non-hydrogen) atoms. The first-order valence-electron chi connectivity index (χ1n) is 7.85. The molecule has 0 unspecified atom stereocenters. The Hall–Kier alpha value is -1.98. The minimum atomic E-state index is -0.664. The van der Waals surface area contributed by atoms with Crippen molar-refractivity contribution in [2.45, 2.75) is 6.42 Å². The summed E-state index contributed by atoms with van der Waals surface area (Å²) in [6.07, 6.45) is 0.0128. The molecule has 10 heteroatoms. The SMILES string of the molecule is CN(C)CCCOC(=O)N(C)c1oc(-c2cc(Cl)cc(Cl)c2Cl)nc1C#N. The van der Waals surface area contributed by atoms with Crippen molar-refractivity contribution in [3.8, 4) is 17.5 Å². The highest BCUT2D eigenvalue weighted by Gasteiger charge is 2.25. The minimum absolute atomic E-state index is 0.0169. The van der Waals surface area contributed by atoms with E-state index in [0.29, 0.717) is 17.0 Å². The lowest BCUT2D eigenvalue weighted by molar-refractivity contribution is 0.149. The van der Waals surface area contributed by atoms with Gasteiger partial charge in [0.25, 0.3) is 0 Å². The lowest BCUT2D eigenvalue weighted by atomic mass is 10.2. The van der Waals surface area contributed by atoms with E-state index in [4.69, 9.17) is 44.0 Å². The first-order chi connectivity index (χ1) is 12.7. The second-order valence-electron chi connectivity index (χ2n) is 5.86. The lowest BCUT2D eigenvalue weighted by Gasteiger charge is -2.15. The highest BCUT2D eigenvalue weighted by atomic mass is 35.5. The smallest absolute Gasteiger partial charge is 0.416 e. The van der Waals surface area contributed by atoms with E-state index in [-0.39, 0.29) is 34.1 Å². The largest absolute Gasteiger partial charge is 0.449 e. The van der Waals surface area contributed by atoms with Crippen molar-refractivity contribution in [3.63, 3.8) is 0 Å². The molecule has 1 aromatic heterocycles. The third-order valence-electron chi connectivity index (χ3n) is 3.49. The van der Waals surface area contributed by atoms with Crippen molar-refractivity contribution in [2.24, 2.45) is 0 Å². The summed E-state index contributed by atoms with van der Waals surface area (Å²) >= 11 is 18.2. The van der Waals surface area contributed by atoms with Crippen molar-refractivity contribution in [2.75, 3.05) is 39.2 Å². The number of oxazole rings is 1. The van der Waals surface area contributed by atoms with Crippen LogP contribution in [0.5, 0.6) is 0 Å². The van der Waals surface area contributed by atoms with Crippen LogP contribution in [0.4, 0.5) is 10.7 Å². The molecule has 1 aromatic carbocycles. The average Bonchev–Trinajstić information content (AvgIpc) is 3.04. The molecule has 0 fully saturated rings. The number of aromatic nitrogens is 1. The summed E-state index contributed by atoms with van der Waals surface area (Å²) in [6, 6.07) is 4.86. The summed E-state index contributed by atoms with van der Waals surface area (Å²) in [7, 11) is 5.28. The normalized spacial score (nSPS) is 10.7. The lowest BCUT2D eigenvalue weighted by Crippen LogP contribution is -2.28. The summed E-state index contributed by atoms with van der Waals surface area (Å²) in [4.78, 5) is 19.3. The summed E-state index contributed by atoms with van der Waals surface area (Å²) < 4.78 is 10.8. The van der Waals surface area contributed by atoms with Gasteiger partial charge in [-0.05, 0) is 32.6 Å². The molecule has 0 aliphatic rings. The molecule has 1 heterocycles. The maximum atomic E-state index is 12.2. The predicted molar refractivity (Wildman–Crippen MR) is 105 cm³/mol. The van der Waals surface area contributed by atoms with Crippen LogP contribution < -0.4 is 4.90 Å². The van der Waals surface area contributed by atoms with Crippen LogP contribution in [-0.4, -0.2) is 50.3 Å². The van der Waals surface area contributed by atoms with Gasteiger partial charge in [-0.25, -0.2) is 9.69 Å². The molecule has 0 saturated carbocycles. The highest BCUT2D eigenvalue weighted by molar-refractivity contribution is 6.44. The second kappa shape index (κ2) is 9.29. The van der Waals surface area contributed by atoms with Crippen LogP contribution in [0.3, 0.4) is 0 Å². The molecule has 2 rings (SSSR count). The number of carbonyl (C=O) groups is 1. The van der Waals surface area contributed by atoms with E-state index in [0.717, 1.165) is 11.4 Å². The maximum Gasteiger partial charge on any atom is 0.416 e. The van der Waals surface area contributed by atoms with Crippen LogP contribution >= 0.6 is 34.8 Å². The maximum absolute atomic E-state index is 12.2. The Balaban J connectivity index is 2.24. The fourth-order valence-corrected chi connectivity index (χ4v) is 2.84. The quantitative estimate of drug-likeness (QED) is 0.487. The fourth-order valence-electron chi connectivity index (χ4n) is 2.16. The molecular weight excluding hydrogens is 415 g/mol. The molecule has 2 aromatic rings. The molecule has 7 nitrogen and oxygen atoms in total. The summed E-state index contributed by atoms with van der Waals surface area (Å²) in [5.41, 5.74) is 0.217. The van der Waals surface area contributed by atoms with Gasteiger partial charge in [0.2, 0.25) is 17.5 Å². The number of carbonyl (C=O) groups excluding carboxylic acids is 1. The second-order valence-corrected chi connectivity index (χ2v) is 7.09. The van der Waals surface area contributed by atoms with Crippen LogP contribution in [0.2, 0.25) is 15.1 Å². The zero-order chi connectivity index (χ0) is 20.1. The number of benzene rings is 1. The number of halogens is 3. The van der Waals surface area contributed by atoms with Gasteiger partial charge in [0.1, 0.15) is 6.07 Å². The molecule has 0 radical (unpaired) electrons. The van der Waals surface area contributed by atoms with Crippen LogP contribution in [0.15, 0.2) is 16.5 Å². The Labute approximate surface area is 172 Å². The number of rotatable bonds is 6. The van der Waals surface area contributed by atoms with Gasteiger partial charge in [0, 0.05) is 18.6 Å². The molecule has 0 spiro atoms. The molecule has 0 atom stereocenters. The van der Waals surface area contributed by atoms with Crippen molar-refractivity contribution >= 4 is 46.8 Å². The van der Waals surface area contributed by atoms with Crippen LogP contribution in [0, 0.1) is 11.3 Å². The van der Waals surface area contributed by atoms with E-state index in [9.17, 15) is 10.1 Å². The Morgan fingerprint density at radius 3 is 2.63 bits per heavy atom. The highest BCUT2D eigenvalue weighted by Crippen LogP contribution is 2.38. The summed E-state index contributed by atoms with van der Waals surface area (Å²) in [6.45, 7) is 1.01. The summed E-state index contributed by atoms with van der Waals surface area (Å²) in [5.74, 6) is -0.0412. The standard InChI is InChI=1S/C17H17Cl3N4O3/c1-23(2)5-4-6-26-17(25)24(3)16-13(9-21)22-15(27-16)11-7-10(18)8-12(19)14(11)20/h7-8H,4-6H2,1-3H3. The Morgan fingerprint density at radius 1 is 1.30 bits per heavy atom. The van der Waals surface area contributed by atoms with Crippen LogP contribution in [-0.2, 0) is 4.74 Å². The molecular formula is C17H17Cl3N4O3. The van der Waals surface area contributed by atoms with Gasteiger partial charge in [0.15, 0.2) is 0 Å². The van der Waals surface area contributed by atoms with Gasteiger partial charge in [-0.3, -0.25) is 0 Å². The zero-order valence-electron chi connectivity index (χ0n) is 14.9. The Bertz CT molecular complexity index is 877. The summed E-state index contributed by atoms with van der Waals surface area (Å²) in [5, 5.41) is 10.0. The predicted octanol–water partition coefficient (Wildman–Crippen LogP) is 4.70. The van der Waals surface area contributed by atoms with Gasteiger partial charge in [0.05, 0.1) is 22.2 Å². The third-order valence-corrected chi connectivity index (χ3v) is 4.51. The van der Waals surface area contributed by atoms with E-state index in [1.807, 2.05) is 25.1 Å². The van der Waals surface area contributed by atoms with Crippen molar-refractivity contribution < 1.29 is 13.9 Å². The van der Waals surface area contributed by atoms with Gasteiger partial charge in [-0.2, -0.15) is 10.2 Å². The van der Waals surface area contributed by atoms with Crippen LogP contribution in [0.1, 0.15) is 12.1 Å². The third kappa shape index (κ3) is 5.27. The molecule has 0 saturated heterocycles. The number of hydrogen-bond donors (Lipinski definition) is 0.